The quantitative estimate of drug-likeness (QED) is 0.925. The van der Waals surface area contributed by atoms with E-state index in [2.05, 4.69) is 24.4 Å². The molecule has 2 atom stereocenters. The Bertz CT molecular complexity index is 513. The third-order valence-electron chi connectivity index (χ3n) is 5.06. The Morgan fingerprint density at radius 3 is 2.57 bits per heavy atom. The van der Waals surface area contributed by atoms with Crippen LogP contribution in [0.4, 0.5) is 0 Å². The summed E-state index contributed by atoms with van der Waals surface area (Å²) in [6.45, 7) is 4.08. The van der Waals surface area contributed by atoms with Gasteiger partial charge in [-0.1, -0.05) is 37.3 Å². The Morgan fingerprint density at radius 1 is 1.33 bits per heavy atom. The summed E-state index contributed by atoms with van der Waals surface area (Å²) < 4.78 is 5.37. The van der Waals surface area contributed by atoms with Gasteiger partial charge in [-0.05, 0) is 31.7 Å². The molecule has 1 saturated heterocycles. The summed E-state index contributed by atoms with van der Waals surface area (Å²) in [5, 5.41) is 3.55. The van der Waals surface area contributed by atoms with E-state index in [0.29, 0.717) is 6.10 Å². The lowest BCUT2D eigenvalue weighted by Crippen LogP contribution is -2.51. The lowest BCUT2D eigenvalue weighted by atomic mass is 9.86. The van der Waals surface area contributed by atoms with Crippen molar-refractivity contribution in [3.05, 3.63) is 35.9 Å². The first-order chi connectivity index (χ1) is 10.1. The number of hydrogen-bond donors (Lipinski definition) is 1. The van der Waals surface area contributed by atoms with Gasteiger partial charge in [0.05, 0.1) is 11.6 Å². The first-order valence-electron chi connectivity index (χ1n) is 7.77. The molecule has 0 radical (unpaired) electrons. The van der Waals surface area contributed by atoms with Crippen molar-refractivity contribution < 1.29 is 9.53 Å². The highest BCUT2D eigenvalue weighted by Crippen LogP contribution is 2.40. The van der Waals surface area contributed by atoms with Gasteiger partial charge in [-0.2, -0.15) is 0 Å². The Labute approximate surface area is 126 Å². The Hall–Kier alpha value is -1.39. The highest BCUT2D eigenvalue weighted by atomic mass is 16.5. The van der Waals surface area contributed by atoms with Crippen LogP contribution in [0, 0.1) is 0 Å². The number of methoxy groups -OCH3 is 1. The molecule has 2 aliphatic rings. The third-order valence-corrected chi connectivity index (χ3v) is 5.06. The summed E-state index contributed by atoms with van der Waals surface area (Å²) >= 11 is 0. The molecule has 4 heteroatoms. The van der Waals surface area contributed by atoms with Gasteiger partial charge in [-0.15, -0.1) is 0 Å². The topological polar surface area (TPSA) is 41.6 Å². The van der Waals surface area contributed by atoms with Crippen LogP contribution in [0.2, 0.25) is 0 Å². The van der Waals surface area contributed by atoms with Crippen LogP contribution in [-0.2, 0) is 9.53 Å². The molecular formula is C17H24N2O2. The number of nitrogens with zero attached hydrogens (tertiary/aromatic N) is 1. The van der Waals surface area contributed by atoms with Gasteiger partial charge in [0.15, 0.2) is 0 Å². The van der Waals surface area contributed by atoms with Crippen LogP contribution in [0.15, 0.2) is 30.3 Å². The van der Waals surface area contributed by atoms with Crippen molar-refractivity contribution in [3.8, 4) is 0 Å². The first kappa shape index (κ1) is 14.5. The van der Waals surface area contributed by atoms with Gasteiger partial charge in [-0.3, -0.25) is 10.1 Å². The van der Waals surface area contributed by atoms with E-state index in [0.717, 1.165) is 24.8 Å². The zero-order valence-electron chi connectivity index (χ0n) is 13.0. The monoisotopic (exact) mass is 288 g/mol. The summed E-state index contributed by atoms with van der Waals surface area (Å²) in [7, 11) is 1.75. The van der Waals surface area contributed by atoms with Crippen LogP contribution in [0.5, 0.6) is 0 Å². The second-order valence-corrected chi connectivity index (χ2v) is 6.34. The van der Waals surface area contributed by atoms with E-state index in [9.17, 15) is 4.79 Å². The molecule has 1 heterocycles. The number of benzene rings is 1. The minimum absolute atomic E-state index is 0.0218. The lowest BCUT2D eigenvalue weighted by molar-refractivity contribution is -0.140. The number of rotatable bonds is 4. The molecule has 0 bridgehead atoms. The van der Waals surface area contributed by atoms with Crippen molar-refractivity contribution in [2.75, 3.05) is 7.11 Å². The fourth-order valence-corrected chi connectivity index (χ4v) is 3.30. The molecule has 1 aromatic carbocycles. The molecule has 4 nitrogen and oxygen atoms in total. The van der Waals surface area contributed by atoms with Crippen LogP contribution in [0.3, 0.4) is 0 Å². The number of ether oxygens (including phenoxy) is 1. The van der Waals surface area contributed by atoms with E-state index in [-0.39, 0.29) is 18.1 Å². The first-order valence-corrected chi connectivity index (χ1v) is 7.77. The van der Waals surface area contributed by atoms with Gasteiger partial charge in [-0.25, -0.2) is 0 Å². The summed E-state index contributed by atoms with van der Waals surface area (Å²) in [5.74, 6) is 0.221. The summed E-state index contributed by atoms with van der Waals surface area (Å²) in [6, 6.07) is 10.5. The number of carbonyl (C=O) groups excluding carboxylic acids is 1. The zero-order chi connectivity index (χ0) is 15.0. The summed E-state index contributed by atoms with van der Waals surface area (Å²) in [4.78, 5) is 14.9. The van der Waals surface area contributed by atoms with Crippen molar-refractivity contribution in [2.45, 2.75) is 57.0 Å². The predicted octanol–water partition coefficient (Wildman–Crippen LogP) is 2.46. The second kappa shape index (κ2) is 5.43. The average molecular weight is 288 g/mol. The Kier molecular flexibility index (Phi) is 3.76. The zero-order valence-corrected chi connectivity index (χ0v) is 13.0. The van der Waals surface area contributed by atoms with Crippen molar-refractivity contribution in [2.24, 2.45) is 0 Å². The van der Waals surface area contributed by atoms with Crippen molar-refractivity contribution in [1.82, 2.24) is 10.2 Å². The molecule has 21 heavy (non-hydrogen) atoms. The SMILES string of the molecule is CCC1(C)NC(c2ccccc2)N(C2CC(OC)C2)C1=O. The summed E-state index contributed by atoms with van der Waals surface area (Å²) in [5.41, 5.74) is 0.697. The van der Waals surface area contributed by atoms with E-state index in [1.54, 1.807) is 7.11 Å². The molecular weight excluding hydrogens is 264 g/mol. The maximum Gasteiger partial charge on any atom is 0.244 e. The van der Waals surface area contributed by atoms with E-state index in [4.69, 9.17) is 4.74 Å². The molecule has 1 saturated carbocycles. The second-order valence-electron chi connectivity index (χ2n) is 6.34. The maximum atomic E-state index is 12.9. The molecule has 1 amide bonds. The van der Waals surface area contributed by atoms with Gasteiger partial charge in [0, 0.05) is 13.2 Å². The van der Waals surface area contributed by atoms with Gasteiger partial charge >= 0.3 is 0 Å². The largest absolute Gasteiger partial charge is 0.381 e. The predicted molar refractivity (Wildman–Crippen MR) is 81.7 cm³/mol. The normalized spacial score (nSPS) is 35.9. The number of amides is 1. The fraction of sp³-hybridized carbons (Fsp3) is 0.588. The Morgan fingerprint density at radius 2 is 2.00 bits per heavy atom. The van der Waals surface area contributed by atoms with E-state index in [1.165, 1.54) is 0 Å². The summed E-state index contributed by atoms with van der Waals surface area (Å²) in [6.07, 6.45) is 2.95. The van der Waals surface area contributed by atoms with Gasteiger partial charge in [0.25, 0.3) is 0 Å². The fourth-order valence-electron chi connectivity index (χ4n) is 3.30. The number of carbonyl (C=O) groups is 1. The van der Waals surface area contributed by atoms with Crippen molar-refractivity contribution in [1.29, 1.82) is 0 Å². The van der Waals surface area contributed by atoms with Gasteiger partial charge in [0.1, 0.15) is 6.17 Å². The minimum atomic E-state index is -0.460. The van der Waals surface area contributed by atoms with E-state index < -0.39 is 5.54 Å². The van der Waals surface area contributed by atoms with Crippen molar-refractivity contribution >= 4 is 5.91 Å². The molecule has 2 fully saturated rings. The molecule has 0 spiro atoms. The molecule has 3 rings (SSSR count). The van der Waals surface area contributed by atoms with Gasteiger partial charge < -0.3 is 9.64 Å². The van der Waals surface area contributed by atoms with E-state index in [1.807, 2.05) is 30.0 Å². The van der Waals surface area contributed by atoms with Crippen LogP contribution >= 0.6 is 0 Å². The standard InChI is InChI=1S/C17H24N2O2/c1-4-17(2)16(20)19(13-10-14(11-13)21-3)15(18-17)12-8-6-5-7-9-12/h5-9,13-15,18H,4,10-11H2,1-3H3. The van der Waals surface area contributed by atoms with Crippen LogP contribution in [0.1, 0.15) is 44.8 Å². The van der Waals surface area contributed by atoms with E-state index >= 15 is 0 Å². The minimum Gasteiger partial charge on any atom is -0.381 e. The highest BCUT2D eigenvalue weighted by Gasteiger charge is 2.52. The maximum absolute atomic E-state index is 12.9. The van der Waals surface area contributed by atoms with Crippen LogP contribution in [-0.4, -0.2) is 35.6 Å². The molecule has 1 aliphatic carbocycles. The molecule has 114 valence electrons. The average Bonchev–Trinajstić information content (AvgIpc) is 2.73. The molecule has 2 unspecified atom stereocenters. The molecule has 1 aromatic rings. The van der Waals surface area contributed by atoms with Crippen molar-refractivity contribution in [3.63, 3.8) is 0 Å². The van der Waals surface area contributed by atoms with Gasteiger partial charge in [0.2, 0.25) is 5.91 Å². The molecule has 1 aliphatic heterocycles. The third kappa shape index (κ3) is 2.36. The molecule has 0 aromatic heterocycles. The van der Waals surface area contributed by atoms with Crippen LogP contribution < -0.4 is 5.32 Å². The van der Waals surface area contributed by atoms with Crippen LogP contribution in [0.25, 0.3) is 0 Å². The number of nitrogens with one attached hydrogen (secondary N) is 1. The molecule has 1 N–H and O–H groups in total. The smallest absolute Gasteiger partial charge is 0.244 e. The Balaban J connectivity index is 1.88. The number of hydrogen-bond acceptors (Lipinski definition) is 3. The lowest BCUT2D eigenvalue weighted by Gasteiger charge is -2.42. The highest BCUT2D eigenvalue weighted by molar-refractivity contribution is 5.89.